The Morgan fingerprint density at radius 2 is 2.06 bits per heavy atom. The lowest BCUT2D eigenvalue weighted by atomic mass is 10.3. The third-order valence-electron chi connectivity index (χ3n) is 1.63. The molecule has 1 aromatic rings. The maximum atomic E-state index is 10.4. The second-order valence-electron chi connectivity index (χ2n) is 2.81. The summed E-state index contributed by atoms with van der Waals surface area (Å²) in [5, 5.41) is 8.17. The minimum absolute atomic E-state index is 0.186. The van der Waals surface area contributed by atoms with Gasteiger partial charge < -0.3 is 9.84 Å². The minimum atomic E-state index is -1.15. The Morgan fingerprint density at radius 1 is 1.44 bits per heavy atom. The normalized spacial score (nSPS) is 12.2. The number of carboxylic acids is 1. The van der Waals surface area contributed by atoms with Gasteiger partial charge in [-0.1, -0.05) is 23.2 Å². The molecule has 0 radical (unpaired) electrons. The van der Waals surface area contributed by atoms with Crippen LogP contribution >= 0.6 is 50.7 Å². The monoisotopic (exact) mass is 346 g/mol. The minimum Gasteiger partial charge on any atom is -0.490 e. The number of carbonyl (C=O) groups is 1. The number of ether oxygens (including phenoxy) is 1. The average Bonchev–Trinajstić information content (AvgIpc) is 2.20. The van der Waals surface area contributed by atoms with Crippen LogP contribution in [0.2, 0.25) is 10.0 Å². The molecular weight excluding hydrogens is 342 g/mol. The predicted octanol–water partition coefficient (Wildman–Crippen LogP) is 3.83. The van der Waals surface area contributed by atoms with Gasteiger partial charge in [0.05, 0.1) is 10.0 Å². The summed E-state index contributed by atoms with van der Waals surface area (Å²) >= 11 is 20.4. The molecule has 1 unspecified atom stereocenters. The number of carboxylic acid groups (broad SMARTS) is 1. The van der Waals surface area contributed by atoms with Crippen molar-refractivity contribution < 1.29 is 14.6 Å². The summed E-state index contributed by atoms with van der Waals surface area (Å²) in [5.74, 6) is -0.859. The van der Waals surface area contributed by atoms with Gasteiger partial charge in [0.25, 0.3) is 0 Å². The van der Waals surface area contributed by atoms with Crippen LogP contribution in [0.25, 0.3) is 0 Å². The highest BCUT2D eigenvalue weighted by Crippen LogP contribution is 2.34. The smallest absolute Gasteiger partial charge is 0.325 e. The third-order valence-corrected chi connectivity index (χ3v) is 3.43. The van der Waals surface area contributed by atoms with E-state index in [-0.39, 0.29) is 6.61 Å². The lowest BCUT2D eigenvalue weighted by Gasteiger charge is -2.10. The Labute approximate surface area is 115 Å². The molecule has 0 aromatic heterocycles. The lowest BCUT2D eigenvalue weighted by Crippen LogP contribution is -2.21. The van der Waals surface area contributed by atoms with Crippen LogP contribution in [0.4, 0.5) is 0 Å². The summed E-state index contributed by atoms with van der Waals surface area (Å²) in [5.41, 5.74) is 0. The van der Waals surface area contributed by atoms with Gasteiger partial charge in [-0.05, 0) is 22.0 Å². The van der Waals surface area contributed by atoms with E-state index in [2.05, 4.69) is 15.9 Å². The van der Waals surface area contributed by atoms with Gasteiger partial charge in [-0.3, -0.25) is 4.79 Å². The largest absolute Gasteiger partial charge is 0.490 e. The van der Waals surface area contributed by atoms with E-state index in [0.29, 0.717) is 20.3 Å². The molecular formula is C9H6BrCl3O3. The van der Waals surface area contributed by atoms with Crippen LogP contribution < -0.4 is 4.74 Å². The number of rotatable bonds is 4. The van der Waals surface area contributed by atoms with Crippen molar-refractivity contribution in [2.24, 2.45) is 0 Å². The fourth-order valence-electron chi connectivity index (χ4n) is 0.849. The second-order valence-corrected chi connectivity index (χ2v) is 5.01. The van der Waals surface area contributed by atoms with E-state index < -0.39 is 11.3 Å². The Bertz CT molecular complexity index is 411. The summed E-state index contributed by atoms with van der Waals surface area (Å²) < 4.78 is 5.78. The molecule has 1 N–H and O–H groups in total. The molecule has 0 aliphatic heterocycles. The number of aliphatic carboxylic acids is 1. The van der Waals surface area contributed by atoms with Crippen LogP contribution in [0.5, 0.6) is 5.75 Å². The average molecular weight is 348 g/mol. The molecule has 0 aliphatic carbocycles. The summed E-state index contributed by atoms with van der Waals surface area (Å²) in [6.45, 7) is -0.186. The van der Waals surface area contributed by atoms with E-state index in [1.54, 1.807) is 6.07 Å². The zero-order valence-electron chi connectivity index (χ0n) is 7.71. The molecule has 1 rings (SSSR count). The van der Waals surface area contributed by atoms with Crippen molar-refractivity contribution in [2.45, 2.75) is 5.38 Å². The molecule has 7 heteroatoms. The quantitative estimate of drug-likeness (QED) is 0.664. The van der Waals surface area contributed by atoms with Gasteiger partial charge >= 0.3 is 5.97 Å². The molecule has 0 amide bonds. The van der Waals surface area contributed by atoms with Gasteiger partial charge in [0.15, 0.2) is 5.38 Å². The standard InChI is InChI=1S/C9H6BrCl3O3/c10-4-1-6(12)8(2-5(4)11)16-3-7(13)9(14)15/h1-2,7H,3H2,(H,14,15). The van der Waals surface area contributed by atoms with Crippen LogP contribution in [0, 0.1) is 0 Å². The number of benzene rings is 1. The van der Waals surface area contributed by atoms with Crippen molar-refractivity contribution in [1.82, 2.24) is 0 Å². The van der Waals surface area contributed by atoms with E-state index in [9.17, 15) is 4.79 Å². The van der Waals surface area contributed by atoms with Crippen molar-refractivity contribution >= 4 is 56.7 Å². The van der Waals surface area contributed by atoms with E-state index >= 15 is 0 Å². The second kappa shape index (κ2) is 5.96. The molecule has 0 saturated carbocycles. The number of halogens is 4. The summed E-state index contributed by atoms with van der Waals surface area (Å²) in [6.07, 6.45) is 0. The van der Waals surface area contributed by atoms with Gasteiger partial charge in [-0.15, -0.1) is 11.6 Å². The van der Waals surface area contributed by atoms with Crippen molar-refractivity contribution in [3.8, 4) is 5.75 Å². The zero-order valence-corrected chi connectivity index (χ0v) is 11.6. The maximum Gasteiger partial charge on any atom is 0.325 e. The van der Waals surface area contributed by atoms with E-state index in [1.807, 2.05) is 0 Å². The van der Waals surface area contributed by atoms with Gasteiger partial charge in [-0.2, -0.15) is 0 Å². The summed E-state index contributed by atoms with van der Waals surface area (Å²) in [7, 11) is 0. The number of hydrogen-bond acceptors (Lipinski definition) is 2. The van der Waals surface area contributed by atoms with Crippen LogP contribution in [-0.4, -0.2) is 23.1 Å². The Hall–Kier alpha value is -0.160. The SMILES string of the molecule is O=C(O)C(Cl)COc1cc(Cl)c(Br)cc1Cl. The van der Waals surface area contributed by atoms with Crippen molar-refractivity contribution in [3.05, 3.63) is 26.7 Å². The Morgan fingerprint density at radius 3 is 2.62 bits per heavy atom. The highest BCUT2D eigenvalue weighted by atomic mass is 79.9. The maximum absolute atomic E-state index is 10.4. The molecule has 3 nitrogen and oxygen atoms in total. The Kier molecular flexibility index (Phi) is 5.18. The van der Waals surface area contributed by atoms with Gasteiger partial charge in [-0.25, -0.2) is 0 Å². The highest BCUT2D eigenvalue weighted by Gasteiger charge is 2.15. The molecule has 1 atom stereocenters. The molecule has 0 heterocycles. The lowest BCUT2D eigenvalue weighted by molar-refractivity contribution is -0.137. The Balaban J connectivity index is 2.74. The first-order valence-electron chi connectivity index (χ1n) is 4.06. The predicted molar refractivity (Wildman–Crippen MR) is 66.9 cm³/mol. The number of alkyl halides is 1. The van der Waals surface area contributed by atoms with E-state index in [1.165, 1.54) is 6.07 Å². The molecule has 0 spiro atoms. The first-order valence-corrected chi connectivity index (χ1v) is 6.04. The topological polar surface area (TPSA) is 46.5 Å². The zero-order chi connectivity index (χ0) is 12.3. The van der Waals surface area contributed by atoms with Crippen LogP contribution in [-0.2, 0) is 4.79 Å². The van der Waals surface area contributed by atoms with Crippen LogP contribution in [0.3, 0.4) is 0 Å². The molecule has 1 aromatic carbocycles. The first-order chi connectivity index (χ1) is 7.41. The summed E-state index contributed by atoms with van der Waals surface area (Å²) in [4.78, 5) is 10.4. The summed E-state index contributed by atoms with van der Waals surface area (Å²) in [6, 6.07) is 3.04. The van der Waals surface area contributed by atoms with E-state index in [4.69, 9.17) is 44.6 Å². The van der Waals surface area contributed by atoms with Crippen molar-refractivity contribution in [3.63, 3.8) is 0 Å². The van der Waals surface area contributed by atoms with E-state index in [0.717, 1.165) is 0 Å². The fraction of sp³-hybridized carbons (Fsp3) is 0.222. The van der Waals surface area contributed by atoms with Crippen LogP contribution in [0.15, 0.2) is 16.6 Å². The molecule has 0 saturated heterocycles. The fourth-order valence-corrected chi connectivity index (χ4v) is 1.76. The van der Waals surface area contributed by atoms with Gasteiger partial charge in [0.1, 0.15) is 12.4 Å². The van der Waals surface area contributed by atoms with Crippen LogP contribution in [0.1, 0.15) is 0 Å². The third kappa shape index (κ3) is 3.70. The molecule has 88 valence electrons. The molecule has 0 fully saturated rings. The van der Waals surface area contributed by atoms with Crippen molar-refractivity contribution in [2.75, 3.05) is 6.61 Å². The molecule has 16 heavy (non-hydrogen) atoms. The van der Waals surface area contributed by atoms with Gasteiger partial charge in [0.2, 0.25) is 0 Å². The molecule has 0 bridgehead atoms. The van der Waals surface area contributed by atoms with Crippen molar-refractivity contribution in [1.29, 1.82) is 0 Å². The molecule has 0 aliphatic rings. The number of hydrogen-bond donors (Lipinski definition) is 1. The first kappa shape index (κ1) is 13.9. The highest BCUT2D eigenvalue weighted by molar-refractivity contribution is 9.10. The van der Waals surface area contributed by atoms with Gasteiger partial charge in [0, 0.05) is 10.5 Å².